The molecular weight excluding hydrogens is 300 g/mol. The molecule has 0 aromatic carbocycles. The fourth-order valence-corrected chi connectivity index (χ4v) is 2.93. The molecule has 8 heteroatoms. The smallest absolute Gasteiger partial charge is 0.242 e. The lowest BCUT2D eigenvalue weighted by molar-refractivity contribution is -0.140. The number of carbonyl (C=O) groups is 4. The molecule has 0 aromatic heterocycles. The molecule has 0 radical (unpaired) electrons. The van der Waals surface area contributed by atoms with E-state index in [1.54, 1.807) is 0 Å². The number of rotatable bonds is 5. The van der Waals surface area contributed by atoms with Crippen LogP contribution < -0.4 is 0 Å². The molecule has 110 valence electrons. The first-order valence-electron chi connectivity index (χ1n) is 6.46. The number of unbranched alkanes of at least 4 members (excludes halogenated alkanes) is 1. The van der Waals surface area contributed by atoms with E-state index in [0.717, 1.165) is 0 Å². The molecule has 0 N–H and O–H groups in total. The summed E-state index contributed by atoms with van der Waals surface area (Å²) in [5.74, 6) is -0.943. The van der Waals surface area contributed by atoms with Gasteiger partial charge in [-0.05, 0) is 12.8 Å². The van der Waals surface area contributed by atoms with Gasteiger partial charge >= 0.3 is 0 Å². The lowest BCUT2D eigenvalue weighted by atomic mass is 10.3. The van der Waals surface area contributed by atoms with Crippen LogP contribution in [0.15, 0.2) is 0 Å². The first kappa shape index (κ1) is 15.4. The fraction of sp³-hybridized carbons (Fsp3) is 0.667. The molecule has 0 aromatic rings. The second kappa shape index (κ2) is 6.17. The summed E-state index contributed by atoms with van der Waals surface area (Å²) >= 11 is 8.07. The molecule has 6 nitrogen and oxygen atoms in total. The topological polar surface area (TPSA) is 74.8 Å². The van der Waals surface area contributed by atoms with Crippen LogP contribution in [0.1, 0.15) is 25.7 Å². The zero-order valence-corrected chi connectivity index (χ0v) is 12.6. The third kappa shape index (κ3) is 3.01. The summed E-state index contributed by atoms with van der Waals surface area (Å²) in [6.45, 7) is 0.629. The number of hydrogen-bond donors (Lipinski definition) is 2. The van der Waals surface area contributed by atoms with Crippen molar-refractivity contribution in [3.63, 3.8) is 0 Å². The largest absolute Gasteiger partial charge is 0.282 e. The average molecular weight is 316 g/mol. The fourth-order valence-electron chi connectivity index (χ4n) is 2.34. The zero-order chi connectivity index (χ0) is 14.9. The lowest BCUT2D eigenvalue weighted by Gasteiger charge is -2.16. The molecule has 0 aliphatic carbocycles. The average Bonchev–Trinajstić information content (AvgIpc) is 2.76. The Morgan fingerprint density at radius 2 is 1.15 bits per heavy atom. The molecule has 20 heavy (non-hydrogen) atoms. The highest BCUT2D eigenvalue weighted by atomic mass is 32.1. The molecule has 2 aliphatic rings. The van der Waals surface area contributed by atoms with Crippen molar-refractivity contribution in [3.05, 3.63) is 0 Å². The van der Waals surface area contributed by atoms with Crippen LogP contribution in [-0.4, -0.2) is 57.0 Å². The van der Waals surface area contributed by atoms with Gasteiger partial charge in [-0.25, -0.2) is 0 Å². The SMILES string of the molecule is O=C1C[C@@H](S)C(=O)N1CCCCN1C(=O)C[C@H](S)C1=O. The van der Waals surface area contributed by atoms with E-state index in [0.29, 0.717) is 25.9 Å². The van der Waals surface area contributed by atoms with Crippen molar-refractivity contribution in [1.29, 1.82) is 0 Å². The summed E-state index contributed by atoms with van der Waals surface area (Å²) in [5, 5.41) is -1.07. The second-order valence-electron chi connectivity index (χ2n) is 4.91. The van der Waals surface area contributed by atoms with Crippen LogP contribution in [0.5, 0.6) is 0 Å². The van der Waals surface area contributed by atoms with Gasteiger partial charge in [-0.2, -0.15) is 25.3 Å². The van der Waals surface area contributed by atoms with Crippen LogP contribution in [0.25, 0.3) is 0 Å². The highest BCUT2D eigenvalue weighted by Gasteiger charge is 2.37. The molecule has 0 saturated carbocycles. The van der Waals surface area contributed by atoms with E-state index in [4.69, 9.17) is 0 Å². The van der Waals surface area contributed by atoms with Crippen LogP contribution in [0.2, 0.25) is 0 Å². The van der Waals surface area contributed by atoms with Crippen LogP contribution in [-0.2, 0) is 19.2 Å². The van der Waals surface area contributed by atoms with E-state index in [-0.39, 0.29) is 36.5 Å². The molecule has 0 bridgehead atoms. The minimum atomic E-state index is -0.533. The molecule has 2 atom stereocenters. The van der Waals surface area contributed by atoms with Gasteiger partial charge in [0.2, 0.25) is 23.6 Å². The van der Waals surface area contributed by atoms with Gasteiger partial charge in [0.1, 0.15) is 0 Å². The van der Waals surface area contributed by atoms with E-state index < -0.39 is 10.5 Å². The molecule has 2 heterocycles. The molecule has 4 amide bonds. The Morgan fingerprint density at radius 3 is 1.40 bits per heavy atom. The summed E-state index contributed by atoms with van der Waals surface area (Å²) in [4.78, 5) is 48.7. The maximum absolute atomic E-state index is 11.6. The quantitative estimate of drug-likeness (QED) is 0.421. The van der Waals surface area contributed by atoms with Gasteiger partial charge in [0.15, 0.2) is 0 Å². The Balaban J connectivity index is 1.75. The number of imide groups is 2. The molecule has 2 fully saturated rings. The molecule has 0 unspecified atom stereocenters. The molecule has 2 saturated heterocycles. The first-order valence-corrected chi connectivity index (χ1v) is 7.49. The van der Waals surface area contributed by atoms with Gasteiger partial charge in [-0.15, -0.1) is 0 Å². The van der Waals surface area contributed by atoms with Crippen molar-refractivity contribution < 1.29 is 19.2 Å². The summed E-state index contributed by atoms with van der Waals surface area (Å²) in [5.41, 5.74) is 0. The summed E-state index contributed by atoms with van der Waals surface area (Å²) < 4.78 is 0. The van der Waals surface area contributed by atoms with Crippen molar-refractivity contribution in [3.8, 4) is 0 Å². The number of thiol groups is 2. The monoisotopic (exact) mass is 316 g/mol. The Bertz CT molecular complexity index is 426. The highest BCUT2D eigenvalue weighted by molar-refractivity contribution is 7.82. The zero-order valence-electron chi connectivity index (χ0n) is 10.8. The van der Waals surface area contributed by atoms with E-state index in [9.17, 15) is 19.2 Å². The predicted octanol–water partition coefficient (Wildman–Crippen LogP) is -0.119. The summed E-state index contributed by atoms with van der Waals surface area (Å²) in [6, 6.07) is 0. The first-order chi connectivity index (χ1) is 9.41. The van der Waals surface area contributed by atoms with Crippen molar-refractivity contribution in [1.82, 2.24) is 9.80 Å². The molecular formula is C12H16N2O4S2. The number of carbonyl (C=O) groups excluding carboxylic acids is 4. The van der Waals surface area contributed by atoms with Gasteiger partial charge < -0.3 is 0 Å². The number of nitrogens with zero attached hydrogens (tertiary/aromatic N) is 2. The second-order valence-corrected chi connectivity index (χ2v) is 6.16. The summed E-state index contributed by atoms with van der Waals surface area (Å²) in [7, 11) is 0. The van der Waals surface area contributed by atoms with Crippen molar-refractivity contribution in [2.24, 2.45) is 0 Å². The Morgan fingerprint density at radius 1 is 0.800 bits per heavy atom. The number of likely N-dealkylation sites (tertiary alicyclic amines) is 2. The van der Waals surface area contributed by atoms with E-state index in [1.165, 1.54) is 9.80 Å². The Labute approximate surface area is 127 Å². The Kier molecular flexibility index (Phi) is 4.74. The standard InChI is InChI=1S/C12H16N2O4S2/c15-9-5-7(19)11(17)13(9)3-1-2-4-14-10(16)6-8(20)12(14)18/h7-8,19-20H,1-6H2/t7-,8+. The van der Waals surface area contributed by atoms with Crippen LogP contribution in [0.4, 0.5) is 0 Å². The Hall–Kier alpha value is -1.02. The predicted molar refractivity (Wildman–Crippen MR) is 77.5 cm³/mol. The van der Waals surface area contributed by atoms with Crippen molar-refractivity contribution >= 4 is 48.9 Å². The van der Waals surface area contributed by atoms with Crippen LogP contribution in [0, 0.1) is 0 Å². The van der Waals surface area contributed by atoms with Crippen molar-refractivity contribution in [2.75, 3.05) is 13.1 Å². The molecule has 2 aliphatic heterocycles. The van der Waals surface area contributed by atoms with Gasteiger partial charge in [-0.3, -0.25) is 29.0 Å². The van der Waals surface area contributed by atoms with Gasteiger partial charge in [0.25, 0.3) is 0 Å². The van der Waals surface area contributed by atoms with Gasteiger partial charge in [0, 0.05) is 25.9 Å². The van der Waals surface area contributed by atoms with Crippen LogP contribution in [0.3, 0.4) is 0 Å². The molecule has 2 rings (SSSR count). The number of hydrogen-bond acceptors (Lipinski definition) is 6. The third-order valence-corrected chi connectivity index (χ3v) is 4.26. The maximum atomic E-state index is 11.6. The highest BCUT2D eigenvalue weighted by Crippen LogP contribution is 2.20. The summed E-state index contributed by atoms with van der Waals surface area (Å²) in [6.07, 6.45) is 1.41. The minimum absolute atomic E-state index is 0.145. The van der Waals surface area contributed by atoms with Gasteiger partial charge in [-0.1, -0.05) is 0 Å². The normalized spacial score (nSPS) is 27.1. The van der Waals surface area contributed by atoms with E-state index in [2.05, 4.69) is 25.3 Å². The van der Waals surface area contributed by atoms with Crippen molar-refractivity contribution in [2.45, 2.75) is 36.2 Å². The van der Waals surface area contributed by atoms with E-state index >= 15 is 0 Å². The molecule has 0 spiro atoms. The van der Waals surface area contributed by atoms with Gasteiger partial charge in [0.05, 0.1) is 10.5 Å². The minimum Gasteiger partial charge on any atom is -0.282 e. The number of amides is 4. The van der Waals surface area contributed by atoms with Crippen LogP contribution >= 0.6 is 25.3 Å². The van der Waals surface area contributed by atoms with E-state index in [1.807, 2.05) is 0 Å². The lowest BCUT2D eigenvalue weighted by Crippen LogP contribution is -2.34. The maximum Gasteiger partial charge on any atom is 0.242 e. The third-order valence-electron chi connectivity index (χ3n) is 3.45.